The van der Waals surface area contributed by atoms with Gasteiger partial charge in [0.1, 0.15) is 19.8 Å². The summed E-state index contributed by atoms with van der Waals surface area (Å²) >= 11 is 0. The van der Waals surface area contributed by atoms with Gasteiger partial charge in [-0.15, -0.1) is 0 Å². The third kappa shape index (κ3) is 66.8. The van der Waals surface area contributed by atoms with Crippen LogP contribution < -0.4 is 4.89 Å². The second-order valence-electron chi connectivity index (χ2n) is 22.7. The Bertz CT molecular complexity index is 1970. The lowest BCUT2D eigenvalue weighted by Crippen LogP contribution is -2.37. The highest BCUT2D eigenvalue weighted by molar-refractivity contribution is 7.45. The van der Waals surface area contributed by atoms with E-state index in [1.54, 1.807) is 0 Å². The maximum absolute atomic E-state index is 12.8. The van der Waals surface area contributed by atoms with Crippen LogP contribution in [-0.4, -0.2) is 70.0 Å². The van der Waals surface area contributed by atoms with Crippen LogP contribution in [0.25, 0.3) is 0 Å². The molecular weight excluding hydrogens is 1060 g/mol. The third-order valence-corrected chi connectivity index (χ3v) is 14.5. The number of phosphoric ester groups is 1. The lowest BCUT2D eigenvalue weighted by atomic mass is 10.0. The Morgan fingerprint density at radius 1 is 0.381 bits per heavy atom. The lowest BCUT2D eigenvalue weighted by Gasteiger charge is -2.28. The largest absolute Gasteiger partial charge is 0.756 e. The highest BCUT2D eigenvalue weighted by Gasteiger charge is 2.22. The molecule has 0 fully saturated rings. The van der Waals surface area contributed by atoms with Crippen molar-refractivity contribution in [2.45, 2.75) is 251 Å². The van der Waals surface area contributed by atoms with Crippen molar-refractivity contribution in [3.8, 4) is 0 Å². The average molecular weight is 1180 g/mol. The van der Waals surface area contributed by atoms with Crippen LogP contribution in [0.4, 0.5) is 0 Å². The molecule has 0 amide bonds. The summed E-state index contributed by atoms with van der Waals surface area (Å²) in [5.74, 6) is -0.861. The number of hydrogen-bond donors (Lipinski definition) is 0. The first-order valence-corrected chi connectivity index (χ1v) is 34.7. The van der Waals surface area contributed by atoms with Gasteiger partial charge in [0.15, 0.2) is 6.10 Å². The second kappa shape index (κ2) is 63.1. The van der Waals surface area contributed by atoms with Crippen molar-refractivity contribution >= 4 is 19.8 Å². The van der Waals surface area contributed by atoms with Gasteiger partial charge in [0.2, 0.25) is 0 Å². The molecule has 0 aromatic rings. The molecule has 0 aliphatic carbocycles. The zero-order valence-electron chi connectivity index (χ0n) is 54.0. The predicted octanol–water partition coefficient (Wildman–Crippen LogP) is 21.0. The molecule has 84 heavy (non-hydrogen) atoms. The van der Waals surface area contributed by atoms with E-state index >= 15 is 0 Å². The number of phosphoric acid groups is 1. The fraction of sp³-hybridized carbons (Fsp3) is 0.622. The van der Waals surface area contributed by atoms with Gasteiger partial charge in [0, 0.05) is 12.8 Å². The summed E-state index contributed by atoms with van der Waals surface area (Å²) in [5, 5.41) is 0. The van der Waals surface area contributed by atoms with Gasteiger partial charge >= 0.3 is 11.9 Å². The van der Waals surface area contributed by atoms with Crippen LogP contribution >= 0.6 is 7.82 Å². The SMILES string of the molecule is CC/C=C\C/C=C\C/C=C\C/C=C\C/C=C\C/C=C\C/C=C\C/C=C\C/C=C\C/C=C\CCCCCCCCCCCCC(=O)OC(COC(=O)CCCCCCCC/C=C\C/C=C\C/C=C\CCCCC)COP(=O)([O-])OCC[N+](C)(C)C. The van der Waals surface area contributed by atoms with Crippen LogP contribution in [0.2, 0.25) is 0 Å². The van der Waals surface area contributed by atoms with Crippen molar-refractivity contribution in [1.82, 2.24) is 0 Å². The molecule has 0 aliphatic heterocycles. The molecule has 2 unspecified atom stereocenters. The molecule has 0 aromatic carbocycles. The van der Waals surface area contributed by atoms with Gasteiger partial charge in [-0.2, -0.15) is 0 Å². The van der Waals surface area contributed by atoms with Crippen LogP contribution in [0.5, 0.6) is 0 Å². The number of carbonyl (C=O) groups excluding carboxylic acids is 2. The first kappa shape index (κ1) is 79.6. The fourth-order valence-corrected chi connectivity index (χ4v) is 9.18. The van der Waals surface area contributed by atoms with Gasteiger partial charge in [-0.3, -0.25) is 14.2 Å². The summed E-state index contributed by atoms with van der Waals surface area (Å²) in [6.45, 7) is 4.06. The van der Waals surface area contributed by atoms with E-state index in [0.717, 1.165) is 141 Å². The molecular formula is C74H122NO8P. The first-order chi connectivity index (χ1) is 41.0. The molecule has 0 spiro atoms. The molecule has 0 saturated carbocycles. The zero-order chi connectivity index (χ0) is 61.2. The summed E-state index contributed by atoms with van der Waals surface area (Å²) in [4.78, 5) is 38.0. The van der Waals surface area contributed by atoms with Gasteiger partial charge in [-0.1, -0.05) is 262 Å². The molecule has 476 valence electrons. The highest BCUT2D eigenvalue weighted by atomic mass is 31.2. The summed E-state index contributed by atoms with van der Waals surface area (Å²) in [7, 11) is 1.14. The Balaban J connectivity index is 4.12. The number of rotatable bonds is 59. The molecule has 0 saturated heterocycles. The Hall–Kier alpha value is -4.37. The molecule has 0 aliphatic rings. The molecule has 0 bridgehead atoms. The fourth-order valence-electron chi connectivity index (χ4n) is 8.46. The number of nitrogens with zero attached hydrogens (tertiary/aromatic N) is 1. The van der Waals surface area contributed by atoms with E-state index in [1.807, 2.05) is 21.1 Å². The number of quaternary nitrogens is 1. The van der Waals surface area contributed by atoms with Gasteiger partial charge < -0.3 is 27.9 Å². The molecule has 0 heterocycles. The van der Waals surface area contributed by atoms with Gasteiger partial charge in [0.05, 0.1) is 27.7 Å². The monoisotopic (exact) mass is 1180 g/mol. The molecule has 2 atom stereocenters. The number of likely N-dealkylation sites (N-methyl/N-ethyl adjacent to an activating group) is 1. The van der Waals surface area contributed by atoms with Crippen molar-refractivity contribution in [3.05, 3.63) is 158 Å². The van der Waals surface area contributed by atoms with Gasteiger partial charge in [-0.05, 0) is 128 Å². The van der Waals surface area contributed by atoms with Crippen LogP contribution in [0, 0.1) is 0 Å². The maximum atomic E-state index is 12.8. The first-order valence-electron chi connectivity index (χ1n) is 33.2. The van der Waals surface area contributed by atoms with E-state index in [2.05, 4.69) is 172 Å². The Morgan fingerprint density at radius 2 is 0.679 bits per heavy atom. The molecule has 10 heteroatoms. The van der Waals surface area contributed by atoms with Crippen molar-refractivity contribution in [3.63, 3.8) is 0 Å². The van der Waals surface area contributed by atoms with Crippen molar-refractivity contribution < 1.29 is 42.1 Å². The quantitative estimate of drug-likeness (QED) is 0.0195. The molecule has 0 N–H and O–H groups in total. The Kier molecular flexibility index (Phi) is 59.9. The lowest BCUT2D eigenvalue weighted by molar-refractivity contribution is -0.870. The normalized spacial score (nSPS) is 14.2. The number of ether oxygens (including phenoxy) is 2. The van der Waals surface area contributed by atoms with Crippen molar-refractivity contribution in [2.75, 3.05) is 47.5 Å². The molecule has 9 nitrogen and oxygen atoms in total. The second-order valence-corrected chi connectivity index (χ2v) is 24.2. The molecule has 0 aromatic heterocycles. The maximum Gasteiger partial charge on any atom is 0.306 e. The summed E-state index contributed by atoms with van der Waals surface area (Å²) in [6, 6.07) is 0. The number of hydrogen-bond acceptors (Lipinski definition) is 8. The number of unbranched alkanes of at least 4 members (excludes halogenated alkanes) is 19. The van der Waals surface area contributed by atoms with E-state index in [1.165, 1.54) is 64.2 Å². The van der Waals surface area contributed by atoms with Crippen molar-refractivity contribution in [2.24, 2.45) is 0 Å². The van der Waals surface area contributed by atoms with E-state index in [-0.39, 0.29) is 26.1 Å². The number of carbonyl (C=O) groups is 2. The minimum Gasteiger partial charge on any atom is -0.756 e. The minimum atomic E-state index is -4.65. The van der Waals surface area contributed by atoms with Crippen LogP contribution in [-0.2, 0) is 32.7 Å². The van der Waals surface area contributed by atoms with Crippen LogP contribution in [0.3, 0.4) is 0 Å². The predicted molar refractivity (Wildman–Crippen MR) is 360 cm³/mol. The van der Waals surface area contributed by atoms with E-state index in [0.29, 0.717) is 23.9 Å². The Labute approximate surface area is 516 Å². The average Bonchev–Trinajstić information content (AvgIpc) is 3.61. The number of allylic oxidation sites excluding steroid dienone is 26. The number of esters is 2. The smallest absolute Gasteiger partial charge is 0.306 e. The van der Waals surface area contributed by atoms with E-state index in [9.17, 15) is 19.0 Å². The van der Waals surface area contributed by atoms with Crippen LogP contribution in [0.15, 0.2) is 158 Å². The standard InChI is InChI=1S/C74H122NO8P/c1-6-8-10-12-14-16-18-20-22-24-26-27-28-29-30-31-32-33-34-35-36-37-38-39-40-41-42-43-44-45-46-47-49-51-53-55-57-59-61-63-65-67-74(77)83-72(71-82-84(78,79)81-69-68-75(3,4)5)70-80-73(76)66-64-62-60-58-56-54-52-50-48-25-23-21-19-17-15-13-11-9-7-2/h8,10,14-17,20-23,26-27,29-30,32-33,35-36,38-39,41-42,44-45,48,50,72H,6-7,9,11-13,18-19,24-25,28,31,34,37,40,43,46-47,49,51-71H2,1-5H3/b10-8-,16-14-,17-15-,22-20-,23-21-,27-26-,30-29-,33-32-,36-35-,39-38-,42-41-,45-44-,50-48-. The molecule has 0 radical (unpaired) electrons. The highest BCUT2D eigenvalue weighted by Crippen LogP contribution is 2.38. The topological polar surface area (TPSA) is 111 Å². The van der Waals surface area contributed by atoms with Gasteiger partial charge in [-0.25, -0.2) is 0 Å². The molecule has 0 rings (SSSR count). The summed E-state index contributed by atoms with van der Waals surface area (Å²) in [5.41, 5.74) is 0. The minimum absolute atomic E-state index is 0.0416. The van der Waals surface area contributed by atoms with E-state index < -0.39 is 32.5 Å². The third-order valence-electron chi connectivity index (χ3n) is 13.5. The summed E-state index contributed by atoms with van der Waals surface area (Å²) in [6.07, 6.45) is 94.5. The van der Waals surface area contributed by atoms with Gasteiger partial charge in [0.25, 0.3) is 7.82 Å². The zero-order valence-corrected chi connectivity index (χ0v) is 54.9. The van der Waals surface area contributed by atoms with Crippen LogP contribution in [0.1, 0.15) is 245 Å². The Morgan fingerprint density at radius 3 is 1.01 bits per heavy atom. The van der Waals surface area contributed by atoms with Crippen molar-refractivity contribution in [1.29, 1.82) is 0 Å². The summed E-state index contributed by atoms with van der Waals surface area (Å²) < 4.78 is 34.2. The van der Waals surface area contributed by atoms with E-state index in [4.69, 9.17) is 18.5 Å².